The normalized spacial score (nSPS) is 11.8. The fraction of sp³-hybridized carbons (Fsp3) is 0. The van der Waals surface area contributed by atoms with Gasteiger partial charge in [-0.3, -0.25) is 4.79 Å². The van der Waals surface area contributed by atoms with Crippen molar-refractivity contribution in [3.05, 3.63) is 102 Å². The van der Waals surface area contributed by atoms with Gasteiger partial charge in [0.05, 0.1) is 0 Å². The van der Waals surface area contributed by atoms with E-state index in [1.165, 1.54) is 32.3 Å². The van der Waals surface area contributed by atoms with Gasteiger partial charge in [0.15, 0.2) is 5.78 Å². The van der Waals surface area contributed by atoms with Crippen LogP contribution >= 0.6 is 0 Å². The molecule has 122 valence electrons. The van der Waals surface area contributed by atoms with Crippen molar-refractivity contribution in [3.63, 3.8) is 0 Å². The zero-order chi connectivity index (χ0) is 17.5. The van der Waals surface area contributed by atoms with Gasteiger partial charge in [-0.2, -0.15) is 0 Å². The minimum absolute atomic E-state index is 0.0243. The number of benzene rings is 5. The highest BCUT2D eigenvalue weighted by molar-refractivity contribution is 6.24. The summed E-state index contributed by atoms with van der Waals surface area (Å²) in [6.07, 6.45) is 3.60. The molecule has 0 aliphatic heterocycles. The van der Waals surface area contributed by atoms with Gasteiger partial charge in [-0.15, -0.1) is 0 Å². The summed E-state index contributed by atoms with van der Waals surface area (Å²) in [5.74, 6) is 0.0243. The van der Waals surface area contributed by atoms with Crippen LogP contribution in [-0.4, -0.2) is 5.78 Å². The van der Waals surface area contributed by atoms with Crippen molar-refractivity contribution in [2.75, 3.05) is 0 Å². The summed E-state index contributed by atoms with van der Waals surface area (Å²) in [5, 5.41) is 7.49. The van der Waals surface area contributed by atoms with Gasteiger partial charge in [-0.25, -0.2) is 0 Å². The molecule has 0 fully saturated rings. The van der Waals surface area contributed by atoms with Crippen molar-refractivity contribution in [3.8, 4) is 0 Å². The maximum absolute atomic E-state index is 12.4. The quantitative estimate of drug-likeness (QED) is 0.210. The van der Waals surface area contributed by atoms with E-state index in [0.717, 1.165) is 5.56 Å². The predicted octanol–water partition coefficient (Wildman–Crippen LogP) is 6.48. The van der Waals surface area contributed by atoms with E-state index < -0.39 is 0 Å². The van der Waals surface area contributed by atoms with Gasteiger partial charge in [0.2, 0.25) is 0 Å². The number of allylic oxidation sites excluding steroid dienone is 1. The zero-order valence-electron chi connectivity index (χ0n) is 14.1. The van der Waals surface area contributed by atoms with E-state index in [-0.39, 0.29) is 5.78 Å². The third-order valence-electron chi connectivity index (χ3n) is 5.03. The standard InChI is InChI=1S/C25H16O/c26-23(18-5-2-1-3-6-18)16-14-17-9-10-21-12-11-19-7-4-8-20-13-15-22(17)25(21)24(19)20/h1-16H/b16-14-. The van der Waals surface area contributed by atoms with E-state index in [2.05, 4.69) is 54.6 Å². The van der Waals surface area contributed by atoms with Gasteiger partial charge in [-0.05, 0) is 44.0 Å². The lowest BCUT2D eigenvalue weighted by molar-refractivity contribution is 0.104. The highest BCUT2D eigenvalue weighted by Crippen LogP contribution is 2.36. The van der Waals surface area contributed by atoms with Crippen molar-refractivity contribution < 1.29 is 4.79 Å². The minimum Gasteiger partial charge on any atom is -0.289 e. The predicted molar refractivity (Wildman–Crippen MR) is 110 cm³/mol. The van der Waals surface area contributed by atoms with Crippen molar-refractivity contribution in [1.29, 1.82) is 0 Å². The fourth-order valence-electron chi connectivity index (χ4n) is 3.77. The molecule has 0 aliphatic rings. The molecule has 0 saturated carbocycles. The first-order valence-electron chi connectivity index (χ1n) is 8.75. The van der Waals surface area contributed by atoms with Crippen molar-refractivity contribution in [2.24, 2.45) is 0 Å². The second-order valence-corrected chi connectivity index (χ2v) is 6.57. The second kappa shape index (κ2) is 5.82. The molecule has 0 N–H and O–H groups in total. The number of carbonyl (C=O) groups excluding carboxylic acids is 1. The van der Waals surface area contributed by atoms with Crippen LogP contribution in [0.25, 0.3) is 38.4 Å². The fourth-order valence-corrected chi connectivity index (χ4v) is 3.77. The van der Waals surface area contributed by atoms with Crippen LogP contribution in [0.1, 0.15) is 15.9 Å². The molecular weight excluding hydrogens is 316 g/mol. The van der Waals surface area contributed by atoms with Gasteiger partial charge < -0.3 is 0 Å². The van der Waals surface area contributed by atoms with E-state index in [1.54, 1.807) is 6.08 Å². The maximum atomic E-state index is 12.4. The molecule has 0 radical (unpaired) electrons. The van der Waals surface area contributed by atoms with Gasteiger partial charge in [0.25, 0.3) is 0 Å². The molecule has 0 atom stereocenters. The van der Waals surface area contributed by atoms with Crippen LogP contribution in [0.4, 0.5) is 0 Å². The first-order chi connectivity index (χ1) is 12.8. The Kier molecular flexibility index (Phi) is 3.32. The largest absolute Gasteiger partial charge is 0.289 e. The van der Waals surface area contributed by atoms with Crippen LogP contribution in [0.2, 0.25) is 0 Å². The summed E-state index contributed by atoms with van der Waals surface area (Å²) in [6, 6.07) is 28.7. The Morgan fingerprint density at radius 2 is 1.27 bits per heavy atom. The monoisotopic (exact) mass is 332 g/mol. The lowest BCUT2D eigenvalue weighted by Gasteiger charge is -2.12. The van der Waals surface area contributed by atoms with Crippen LogP contribution in [0.5, 0.6) is 0 Å². The molecule has 0 aliphatic carbocycles. The number of carbonyl (C=O) groups is 1. The molecule has 0 amide bonds. The van der Waals surface area contributed by atoms with Gasteiger partial charge in [0, 0.05) is 5.56 Å². The number of hydrogen-bond acceptors (Lipinski definition) is 1. The van der Waals surface area contributed by atoms with E-state index in [0.29, 0.717) is 5.56 Å². The van der Waals surface area contributed by atoms with Crippen LogP contribution in [0.15, 0.2) is 91.0 Å². The average Bonchev–Trinajstić information content (AvgIpc) is 2.71. The number of hydrogen-bond donors (Lipinski definition) is 0. The van der Waals surface area contributed by atoms with Crippen LogP contribution in [0.3, 0.4) is 0 Å². The van der Waals surface area contributed by atoms with Gasteiger partial charge in [0.1, 0.15) is 0 Å². The molecule has 1 heteroatoms. The zero-order valence-corrected chi connectivity index (χ0v) is 14.1. The second-order valence-electron chi connectivity index (χ2n) is 6.57. The Morgan fingerprint density at radius 3 is 2.04 bits per heavy atom. The Hall–Kier alpha value is -3.45. The number of ketones is 1. The Balaban J connectivity index is 1.69. The van der Waals surface area contributed by atoms with Crippen molar-refractivity contribution >= 4 is 44.2 Å². The van der Waals surface area contributed by atoms with E-state index >= 15 is 0 Å². The highest BCUT2D eigenvalue weighted by Gasteiger charge is 2.09. The van der Waals surface area contributed by atoms with Gasteiger partial charge >= 0.3 is 0 Å². The molecule has 0 spiro atoms. The molecule has 0 saturated heterocycles. The smallest absolute Gasteiger partial charge is 0.185 e. The molecule has 0 aromatic heterocycles. The van der Waals surface area contributed by atoms with Crippen LogP contribution in [-0.2, 0) is 0 Å². The third-order valence-corrected chi connectivity index (χ3v) is 5.03. The molecule has 5 aromatic carbocycles. The summed E-state index contributed by atoms with van der Waals surface area (Å²) in [6.45, 7) is 0. The van der Waals surface area contributed by atoms with Gasteiger partial charge in [-0.1, -0.05) is 91.0 Å². The maximum Gasteiger partial charge on any atom is 0.185 e. The molecule has 1 nitrogen and oxygen atoms in total. The summed E-state index contributed by atoms with van der Waals surface area (Å²) in [7, 11) is 0. The summed E-state index contributed by atoms with van der Waals surface area (Å²) in [5.41, 5.74) is 1.78. The lowest BCUT2D eigenvalue weighted by atomic mass is 9.92. The SMILES string of the molecule is O=C(/C=C\c1ccc2ccc3cccc4ccc1c2c34)c1ccccc1. The lowest BCUT2D eigenvalue weighted by Crippen LogP contribution is -1.93. The Morgan fingerprint density at radius 1 is 0.615 bits per heavy atom. The molecule has 5 aromatic rings. The van der Waals surface area contributed by atoms with E-state index in [9.17, 15) is 4.79 Å². The first kappa shape index (κ1) is 14.9. The molecule has 0 bridgehead atoms. The number of rotatable bonds is 3. The molecular formula is C25H16O. The topological polar surface area (TPSA) is 17.1 Å². The summed E-state index contributed by atoms with van der Waals surface area (Å²) < 4.78 is 0. The van der Waals surface area contributed by atoms with Crippen molar-refractivity contribution in [1.82, 2.24) is 0 Å². The average molecular weight is 332 g/mol. The van der Waals surface area contributed by atoms with Crippen molar-refractivity contribution in [2.45, 2.75) is 0 Å². The first-order valence-corrected chi connectivity index (χ1v) is 8.75. The summed E-state index contributed by atoms with van der Waals surface area (Å²) in [4.78, 5) is 12.4. The minimum atomic E-state index is 0.0243. The summed E-state index contributed by atoms with van der Waals surface area (Å²) >= 11 is 0. The van der Waals surface area contributed by atoms with E-state index in [4.69, 9.17) is 0 Å². The Labute approximate surface area is 151 Å². The highest BCUT2D eigenvalue weighted by atomic mass is 16.1. The van der Waals surface area contributed by atoms with E-state index in [1.807, 2.05) is 36.4 Å². The third kappa shape index (κ3) is 2.29. The van der Waals surface area contributed by atoms with Crippen LogP contribution < -0.4 is 0 Å². The Bertz CT molecular complexity index is 1260. The molecule has 0 unspecified atom stereocenters. The molecule has 26 heavy (non-hydrogen) atoms. The molecule has 5 rings (SSSR count). The molecule has 0 heterocycles. The van der Waals surface area contributed by atoms with Crippen LogP contribution in [0, 0.1) is 0 Å².